The summed E-state index contributed by atoms with van der Waals surface area (Å²) in [6.07, 6.45) is 0. The van der Waals surface area contributed by atoms with Crippen LogP contribution in [0.2, 0.25) is 0 Å². The van der Waals surface area contributed by atoms with Gasteiger partial charge in [-0.05, 0) is 0 Å². The van der Waals surface area contributed by atoms with Gasteiger partial charge in [-0.15, -0.1) is 0 Å². The number of nitrogens with two attached hydrogens (primary N) is 1. The summed E-state index contributed by atoms with van der Waals surface area (Å²) in [7, 11) is 0.903. The molecule has 2 N–H and O–H groups in total. The number of hydrogen-bond acceptors (Lipinski definition) is 4. The summed E-state index contributed by atoms with van der Waals surface area (Å²) < 4.78 is 58.3. The number of alkyl halides is 2. The summed E-state index contributed by atoms with van der Waals surface area (Å²) in [4.78, 5) is 11.1. The Kier molecular flexibility index (Phi) is 3.77. The molecule has 0 unspecified atom stereocenters. The smallest absolute Gasteiger partial charge is 0.387 e. The number of carbonyl (C=O) groups is 1. The molecule has 0 radical (unpaired) electrons. The van der Waals surface area contributed by atoms with Crippen molar-refractivity contribution in [1.29, 1.82) is 0 Å². The average Bonchev–Trinajstić information content (AvgIpc) is 2.25. The Balaban J connectivity index is 3.37. The maximum absolute atomic E-state index is 13.5. The van der Waals surface area contributed by atoms with Crippen LogP contribution in [0.5, 0.6) is 5.75 Å². The second kappa shape index (κ2) is 4.89. The summed E-state index contributed by atoms with van der Waals surface area (Å²) >= 11 is 0. The molecule has 0 saturated heterocycles. The number of nitrogen functional groups attached to an aromatic ring is 1. The van der Waals surface area contributed by atoms with Crippen molar-refractivity contribution in [3.63, 3.8) is 0 Å². The number of halogens is 4. The van der Waals surface area contributed by atoms with Gasteiger partial charge in [-0.25, -0.2) is 13.6 Å². The Morgan fingerprint density at radius 1 is 1.41 bits per heavy atom. The summed E-state index contributed by atoms with van der Waals surface area (Å²) in [5.41, 5.74) is 3.28. The number of esters is 1. The number of carbonyl (C=O) groups excluding carboxylic acids is 1. The third-order valence-corrected chi connectivity index (χ3v) is 1.83. The number of hydrogen-bond donors (Lipinski definition) is 1. The number of ether oxygens (including phenoxy) is 2. The largest absolute Gasteiger partial charge is 0.465 e. The molecule has 0 amide bonds. The van der Waals surface area contributed by atoms with Gasteiger partial charge < -0.3 is 15.2 Å². The van der Waals surface area contributed by atoms with Gasteiger partial charge in [0.05, 0.1) is 12.8 Å². The maximum Gasteiger partial charge on any atom is 0.387 e. The van der Waals surface area contributed by atoms with Crippen LogP contribution in [0.1, 0.15) is 10.4 Å². The van der Waals surface area contributed by atoms with Crippen molar-refractivity contribution in [1.82, 2.24) is 0 Å². The molecule has 8 heteroatoms. The van der Waals surface area contributed by atoms with Crippen molar-refractivity contribution in [2.24, 2.45) is 0 Å². The minimum absolute atomic E-state index is 0.323. The fourth-order valence-corrected chi connectivity index (χ4v) is 1.10. The predicted molar refractivity (Wildman–Crippen MR) is 48.7 cm³/mol. The molecule has 0 heterocycles. The van der Waals surface area contributed by atoms with E-state index in [2.05, 4.69) is 9.47 Å². The third kappa shape index (κ3) is 2.58. The zero-order valence-electron chi connectivity index (χ0n) is 8.47. The fraction of sp³-hybridized carbons (Fsp3) is 0.222. The van der Waals surface area contributed by atoms with E-state index >= 15 is 0 Å². The quantitative estimate of drug-likeness (QED) is 0.508. The van der Waals surface area contributed by atoms with E-state index < -0.39 is 41.2 Å². The maximum atomic E-state index is 13.5. The molecule has 0 aliphatic heterocycles. The molecule has 0 fully saturated rings. The predicted octanol–water partition coefficient (Wildman–Crippen LogP) is 1.94. The van der Waals surface area contributed by atoms with Crippen LogP contribution in [-0.2, 0) is 4.74 Å². The topological polar surface area (TPSA) is 61.5 Å². The molecule has 0 bridgehead atoms. The lowest BCUT2D eigenvalue weighted by atomic mass is 10.1. The molecule has 0 saturated carbocycles. The molecule has 94 valence electrons. The Bertz CT molecular complexity index is 450. The van der Waals surface area contributed by atoms with Gasteiger partial charge in [-0.1, -0.05) is 0 Å². The van der Waals surface area contributed by atoms with E-state index in [-0.39, 0.29) is 0 Å². The zero-order valence-corrected chi connectivity index (χ0v) is 8.47. The second-order valence-electron chi connectivity index (χ2n) is 2.83. The first-order valence-corrected chi connectivity index (χ1v) is 4.19. The molecule has 0 spiro atoms. The highest BCUT2D eigenvalue weighted by atomic mass is 19.3. The normalized spacial score (nSPS) is 10.5. The summed E-state index contributed by atoms with van der Waals surface area (Å²) in [6.45, 7) is -3.36. The highest BCUT2D eigenvalue weighted by molar-refractivity contribution is 5.96. The van der Waals surface area contributed by atoms with Crippen molar-refractivity contribution in [3.05, 3.63) is 23.3 Å². The fourth-order valence-electron chi connectivity index (χ4n) is 1.10. The summed E-state index contributed by atoms with van der Waals surface area (Å²) in [6, 6.07) is 0.323. The van der Waals surface area contributed by atoms with E-state index in [4.69, 9.17) is 5.73 Å². The van der Waals surface area contributed by atoms with Gasteiger partial charge in [0.25, 0.3) is 0 Å². The van der Waals surface area contributed by atoms with Gasteiger partial charge in [0.15, 0.2) is 17.4 Å². The Morgan fingerprint density at radius 2 is 2.00 bits per heavy atom. The van der Waals surface area contributed by atoms with Crippen LogP contribution in [0, 0.1) is 11.6 Å². The molecule has 4 nitrogen and oxygen atoms in total. The molecule has 1 aromatic rings. The molecule has 1 aromatic carbocycles. The van der Waals surface area contributed by atoms with E-state index in [0.29, 0.717) is 6.07 Å². The first-order valence-electron chi connectivity index (χ1n) is 4.19. The SMILES string of the molecule is COC(=O)c1c(N)c(F)cc(OC(F)F)c1F. The summed E-state index contributed by atoms with van der Waals surface area (Å²) in [5.74, 6) is -5.18. The van der Waals surface area contributed by atoms with Crippen LogP contribution < -0.4 is 10.5 Å². The van der Waals surface area contributed by atoms with Crippen molar-refractivity contribution in [2.75, 3.05) is 12.8 Å². The highest BCUT2D eigenvalue weighted by Gasteiger charge is 2.25. The molecule has 0 atom stereocenters. The van der Waals surface area contributed by atoms with Crippen molar-refractivity contribution in [2.45, 2.75) is 6.61 Å². The molecule has 0 aliphatic carbocycles. The van der Waals surface area contributed by atoms with Gasteiger partial charge in [0, 0.05) is 6.07 Å². The van der Waals surface area contributed by atoms with Crippen LogP contribution in [-0.4, -0.2) is 19.7 Å². The number of anilines is 1. The van der Waals surface area contributed by atoms with Crippen LogP contribution >= 0.6 is 0 Å². The zero-order chi connectivity index (χ0) is 13.2. The number of methoxy groups -OCH3 is 1. The van der Waals surface area contributed by atoms with Crippen LogP contribution in [0.25, 0.3) is 0 Å². The van der Waals surface area contributed by atoms with E-state index in [1.807, 2.05) is 0 Å². The second-order valence-corrected chi connectivity index (χ2v) is 2.83. The standard InChI is InChI=1S/C9H7F4NO3/c1-16-8(15)5-6(11)4(17-9(12)13)2-3(10)7(5)14/h2,9H,14H2,1H3. The van der Waals surface area contributed by atoms with E-state index in [9.17, 15) is 22.4 Å². The van der Waals surface area contributed by atoms with Crippen molar-refractivity contribution >= 4 is 11.7 Å². The van der Waals surface area contributed by atoms with Crippen LogP contribution in [0.15, 0.2) is 6.07 Å². The first kappa shape index (κ1) is 13.1. The molecule has 17 heavy (non-hydrogen) atoms. The first-order chi connectivity index (χ1) is 7.88. The number of rotatable bonds is 3. The van der Waals surface area contributed by atoms with Crippen molar-refractivity contribution in [3.8, 4) is 5.75 Å². The van der Waals surface area contributed by atoms with Gasteiger partial charge in [0.1, 0.15) is 5.56 Å². The van der Waals surface area contributed by atoms with Gasteiger partial charge in [-0.2, -0.15) is 8.78 Å². The van der Waals surface area contributed by atoms with E-state index in [1.54, 1.807) is 0 Å². The minimum Gasteiger partial charge on any atom is -0.465 e. The Hall–Kier alpha value is -1.99. The lowest BCUT2D eigenvalue weighted by Gasteiger charge is -2.11. The van der Waals surface area contributed by atoms with Crippen LogP contribution in [0.3, 0.4) is 0 Å². The molecular weight excluding hydrogens is 246 g/mol. The summed E-state index contributed by atoms with van der Waals surface area (Å²) in [5, 5.41) is 0. The van der Waals surface area contributed by atoms with Crippen LogP contribution in [0.4, 0.5) is 23.2 Å². The van der Waals surface area contributed by atoms with E-state index in [1.165, 1.54) is 0 Å². The number of benzene rings is 1. The minimum atomic E-state index is -3.36. The molecular formula is C9H7F4NO3. The Labute approximate surface area is 92.9 Å². The van der Waals surface area contributed by atoms with E-state index in [0.717, 1.165) is 7.11 Å². The molecule has 0 aromatic heterocycles. The lowest BCUT2D eigenvalue weighted by Crippen LogP contribution is -2.13. The molecule has 1 rings (SSSR count). The lowest BCUT2D eigenvalue weighted by molar-refractivity contribution is -0.0524. The Morgan fingerprint density at radius 3 is 2.47 bits per heavy atom. The monoisotopic (exact) mass is 253 g/mol. The van der Waals surface area contributed by atoms with Gasteiger partial charge >= 0.3 is 12.6 Å². The highest BCUT2D eigenvalue weighted by Crippen LogP contribution is 2.30. The third-order valence-electron chi connectivity index (χ3n) is 1.83. The van der Waals surface area contributed by atoms with Gasteiger partial charge in [0.2, 0.25) is 0 Å². The van der Waals surface area contributed by atoms with Gasteiger partial charge in [-0.3, -0.25) is 0 Å². The van der Waals surface area contributed by atoms with Crippen molar-refractivity contribution < 1.29 is 31.8 Å². The molecule has 0 aliphatic rings. The average molecular weight is 253 g/mol.